The summed E-state index contributed by atoms with van der Waals surface area (Å²) in [5.41, 5.74) is 0.581. The number of hydrogen-bond acceptors (Lipinski definition) is 5. The van der Waals surface area contributed by atoms with Crippen LogP contribution in [0.5, 0.6) is 0 Å². The minimum Gasteiger partial charge on any atom is -0.296 e. The zero-order valence-corrected chi connectivity index (χ0v) is 13.4. The molecule has 0 fully saturated rings. The minimum absolute atomic E-state index is 0.178. The second-order valence-electron chi connectivity index (χ2n) is 5.06. The number of benzene rings is 1. The van der Waals surface area contributed by atoms with Crippen molar-refractivity contribution in [2.75, 3.05) is 5.32 Å². The molecule has 3 heterocycles. The maximum atomic E-state index is 13.3. The van der Waals surface area contributed by atoms with Gasteiger partial charge in [0, 0.05) is 29.9 Å². The van der Waals surface area contributed by atoms with E-state index in [0.29, 0.717) is 16.5 Å². The highest BCUT2D eigenvalue weighted by Gasteiger charge is 2.19. The predicted molar refractivity (Wildman–Crippen MR) is 90.8 cm³/mol. The fourth-order valence-electron chi connectivity index (χ4n) is 2.45. The molecule has 0 radical (unpaired) electrons. The molecule has 3 aromatic heterocycles. The first-order chi connectivity index (χ1) is 12.1. The van der Waals surface area contributed by atoms with Gasteiger partial charge in [-0.05, 0) is 24.3 Å². The highest BCUT2D eigenvalue weighted by atomic mass is 32.1. The second kappa shape index (κ2) is 5.95. The first-order valence-corrected chi connectivity index (χ1v) is 8.08. The Balaban J connectivity index is 1.93. The fourth-order valence-corrected chi connectivity index (χ4v) is 2.98. The molecule has 0 atom stereocenters. The number of carbonyl (C=O) groups excluding carboxylic acids is 1. The van der Waals surface area contributed by atoms with Crippen LogP contribution in [0, 0.1) is 5.82 Å². The molecule has 4 aromatic rings. The van der Waals surface area contributed by atoms with Crippen LogP contribution in [0.1, 0.15) is 10.5 Å². The van der Waals surface area contributed by atoms with E-state index < -0.39 is 11.7 Å². The van der Waals surface area contributed by atoms with Gasteiger partial charge in [0.1, 0.15) is 11.5 Å². The van der Waals surface area contributed by atoms with Crippen LogP contribution in [0.2, 0.25) is 0 Å². The summed E-state index contributed by atoms with van der Waals surface area (Å²) < 4.78 is 15.9. The Hall–Kier alpha value is -3.33. The topological polar surface area (TPSA) is 81.3 Å². The molecular formula is C16H10FN5O2S. The van der Waals surface area contributed by atoms with Crippen molar-refractivity contribution in [2.45, 2.75) is 0 Å². The number of rotatable bonds is 3. The summed E-state index contributed by atoms with van der Waals surface area (Å²) in [5.74, 6) is -0.872. The summed E-state index contributed by atoms with van der Waals surface area (Å²) in [4.78, 5) is 33.1. The molecule has 1 amide bonds. The van der Waals surface area contributed by atoms with Crippen molar-refractivity contribution < 1.29 is 9.18 Å². The van der Waals surface area contributed by atoms with E-state index in [0.717, 1.165) is 0 Å². The highest BCUT2D eigenvalue weighted by molar-refractivity contribution is 7.13. The van der Waals surface area contributed by atoms with Gasteiger partial charge in [-0.15, -0.1) is 11.3 Å². The van der Waals surface area contributed by atoms with Gasteiger partial charge in [0.2, 0.25) is 0 Å². The molecular weight excluding hydrogens is 345 g/mol. The Bertz CT molecular complexity index is 1120. The zero-order chi connectivity index (χ0) is 17.4. The lowest BCUT2D eigenvalue weighted by molar-refractivity contribution is 0.101. The summed E-state index contributed by atoms with van der Waals surface area (Å²) in [5, 5.41) is 4.84. The highest BCUT2D eigenvalue weighted by Crippen LogP contribution is 2.18. The maximum Gasteiger partial charge on any atom is 0.276 e. The van der Waals surface area contributed by atoms with Crippen LogP contribution in [0.25, 0.3) is 11.3 Å². The summed E-state index contributed by atoms with van der Waals surface area (Å²) in [6.07, 6.45) is 2.94. The molecule has 4 rings (SSSR count). The number of carbonyl (C=O) groups is 1. The van der Waals surface area contributed by atoms with E-state index in [1.165, 1.54) is 63.1 Å². The summed E-state index contributed by atoms with van der Waals surface area (Å²) in [6, 6.07) is 8.25. The largest absolute Gasteiger partial charge is 0.296 e. The average molecular weight is 355 g/mol. The Kier molecular flexibility index (Phi) is 3.62. The number of nitrogens with zero attached hydrogens (tertiary/aromatic N) is 4. The molecule has 0 saturated heterocycles. The SMILES string of the molecule is O=C(Nc1nccs1)c1cc2nccc(=O)n2n1-c1ccc(F)cc1. The average Bonchev–Trinajstić information content (AvgIpc) is 3.23. The molecule has 0 spiro atoms. The van der Waals surface area contributed by atoms with Crippen molar-refractivity contribution in [2.24, 2.45) is 0 Å². The van der Waals surface area contributed by atoms with E-state index in [1.54, 1.807) is 11.6 Å². The van der Waals surface area contributed by atoms with Crippen LogP contribution in [0.15, 0.2) is 59.0 Å². The molecule has 0 aliphatic heterocycles. The van der Waals surface area contributed by atoms with Crippen LogP contribution in [-0.2, 0) is 0 Å². The van der Waals surface area contributed by atoms with Gasteiger partial charge in [-0.2, -0.15) is 4.52 Å². The third-order valence-electron chi connectivity index (χ3n) is 3.50. The number of thiazole rings is 1. The lowest BCUT2D eigenvalue weighted by Gasteiger charge is -2.10. The third kappa shape index (κ3) is 2.70. The number of aromatic nitrogens is 4. The molecule has 1 aromatic carbocycles. The summed E-state index contributed by atoms with van der Waals surface area (Å²) in [7, 11) is 0. The van der Waals surface area contributed by atoms with E-state index in [4.69, 9.17) is 0 Å². The zero-order valence-electron chi connectivity index (χ0n) is 12.6. The molecule has 25 heavy (non-hydrogen) atoms. The quantitative estimate of drug-likeness (QED) is 0.612. The van der Waals surface area contributed by atoms with Crippen molar-refractivity contribution in [3.8, 4) is 5.69 Å². The minimum atomic E-state index is -0.454. The maximum absolute atomic E-state index is 13.3. The van der Waals surface area contributed by atoms with Gasteiger partial charge in [-0.25, -0.2) is 19.0 Å². The number of anilines is 1. The van der Waals surface area contributed by atoms with Gasteiger partial charge in [0.25, 0.3) is 11.5 Å². The van der Waals surface area contributed by atoms with E-state index in [-0.39, 0.29) is 11.3 Å². The smallest absolute Gasteiger partial charge is 0.276 e. The Morgan fingerprint density at radius 3 is 2.64 bits per heavy atom. The Morgan fingerprint density at radius 2 is 1.92 bits per heavy atom. The normalized spacial score (nSPS) is 10.9. The second-order valence-corrected chi connectivity index (χ2v) is 5.96. The number of hydrogen-bond donors (Lipinski definition) is 1. The van der Waals surface area contributed by atoms with Crippen LogP contribution >= 0.6 is 11.3 Å². The molecule has 124 valence electrons. The van der Waals surface area contributed by atoms with Gasteiger partial charge in [0.05, 0.1) is 5.69 Å². The number of amides is 1. The Morgan fingerprint density at radius 1 is 1.12 bits per heavy atom. The fraction of sp³-hybridized carbons (Fsp3) is 0. The first-order valence-electron chi connectivity index (χ1n) is 7.20. The van der Waals surface area contributed by atoms with Crippen LogP contribution < -0.4 is 10.9 Å². The van der Waals surface area contributed by atoms with Gasteiger partial charge in [0.15, 0.2) is 10.8 Å². The van der Waals surface area contributed by atoms with Crippen LogP contribution in [-0.4, -0.2) is 25.1 Å². The van der Waals surface area contributed by atoms with E-state index in [9.17, 15) is 14.0 Å². The molecule has 0 aliphatic rings. The first kappa shape index (κ1) is 15.2. The van der Waals surface area contributed by atoms with Crippen molar-refractivity contribution in [1.29, 1.82) is 0 Å². The number of nitrogens with one attached hydrogen (secondary N) is 1. The van der Waals surface area contributed by atoms with Crippen LogP contribution in [0.4, 0.5) is 9.52 Å². The Labute approximate surface area is 144 Å². The van der Waals surface area contributed by atoms with Crippen molar-refractivity contribution in [3.05, 3.63) is 76.0 Å². The summed E-state index contributed by atoms with van der Waals surface area (Å²) >= 11 is 1.27. The van der Waals surface area contributed by atoms with E-state index >= 15 is 0 Å². The van der Waals surface area contributed by atoms with E-state index in [2.05, 4.69) is 15.3 Å². The van der Waals surface area contributed by atoms with Crippen molar-refractivity contribution in [1.82, 2.24) is 19.2 Å². The van der Waals surface area contributed by atoms with Crippen molar-refractivity contribution >= 4 is 28.0 Å². The van der Waals surface area contributed by atoms with E-state index in [1.807, 2.05) is 0 Å². The van der Waals surface area contributed by atoms with Gasteiger partial charge in [-0.3, -0.25) is 14.9 Å². The predicted octanol–water partition coefficient (Wildman–Crippen LogP) is 2.33. The molecule has 9 heteroatoms. The van der Waals surface area contributed by atoms with Crippen molar-refractivity contribution in [3.63, 3.8) is 0 Å². The number of halogens is 1. The standard InChI is InChI=1S/C16H10FN5O2S/c17-10-1-3-11(4-2-10)21-12(15(24)20-16-19-7-8-25-16)9-13-18-6-5-14(23)22(13)21/h1-9H,(H,19,20,24). The van der Waals surface area contributed by atoms with Crippen LogP contribution in [0.3, 0.4) is 0 Å². The van der Waals surface area contributed by atoms with Gasteiger partial charge >= 0.3 is 0 Å². The van der Waals surface area contributed by atoms with Gasteiger partial charge in [-0.1, -0.05) is 0 Å². The number of fused-ring (bicyclic) bond motifs is 1. The molecule has 1 N–H and O–H groups in total. The molecule has 0 saturated carbocycles. The molecule has 0 unspecified atom stereocenters. The van der Waals surface area contributed by atoms with Gasteiger partial charge < -0.3 is 0 Å². The summed E-state index contributed by atoms with van der Waals surface area (Å²) in [6.45, 7) is 0. The molecule has 7 nitrogen and oxygen atoms in total. The third-order valence-corrected chi connectivity index (χ3v) is 4.19. The monoisotopic (exact) mass is 355 g/mol. The molecule has 0 bridgehead atoms. The lowest BCUT2D eigenvalue weighted by atomic mass is 10.3. The molecule has 0 aliphatic carbocycles. The lowest BCUT2D eigenvalue weighted by Crippen LogP contribution is -2.23.